The van der Waals surface area contributed by atoms with Crippen molar-refractivity contribution >= 4 is 11.7 Å². The molecule has 2 heterocycles. The Labute approximate surface area is 201 Å². The highest BCUT2D eigenvalue weighted by atomic mass is 16.5. The lowest BCUT2D eigenvalue weighted by atomic mass is 10.0. The van der Waals surface area contributed by atoms with E-state index in [0.717, 1.165) is 29.2 Å². The van der Waals surface area contributed by atoms with E-state index in [4.69, 9.17) is 9.47 Å². The maximum Gasteiger partial charge on any atom is 0.260 e. The smallest absolute Gasteiger partial charge is 0.260 e. The number of ether oxygens (including phenoxy) is 2. The van der Waals surface area contributed by atoms with Crippen LogP contribution in [-0.4, -0.2) is 60.4 Å². The summed E-state index contributed by atoms with van der Waals surface area (Å²) in [5.41, 5.74) is 4.40. The fourth-order valence-corrected chi connectivity index (χ4v) is 4.01. The van der Waals surface area contributed by atoms with E-state index in [1.165, 1.54) is 11.1 Å². The molecule has 4 rings (SSSR count). The van der Waals surface area contributed by atoms with Crippen molar-refractivity contribution in [2.45, 2.75) is 27.2 Å². The van der Waals surface area contributed by atoms with E-state index < -0.39 is 0 Å². The van der Waals surface area contributed by atoms with Gasteiger partial charge in [0.15, 0.2) is 12.4 Å². The predicted octanol–water partition coefficient (Wildman–Crippen LogP) is 4.28. The van der Waals surface area contributed by atoms with E-state index in [-0.39, 0.29) is 12.5 Å². The Balaban J connectivity index is 1.26. The quantitative estimate of drug-likeness (QED) is 0.500. The molecule has 1 aliphatic heterocycles. The second-order valence-electron chi connectivity index (χ2n) is 8.57. The molecule has 0 aliphatic carbocycles. The highest BCUT2D eigenvalue weighted by Crippen LogP contribution is 2.24. The molecular weight excluding hydrogens is 428 g/mol. The summed E-state index contributed by atoms with van der Waals surface area (Å²) in [5.74, 6) is 2.29. The number of carbonyl (C=O) groups is 1. The number of aromatic nitrogens is 2. The fraction of sp³-hybridized carbons (Fsp3) is 0.370. The molecule has 1 amide bonds. The molecule has 178 valence electrons. The second kappa shape index (κ2) is 11.0. The van der Waals surface area contributed by atoms with Gasteiger partial charge >= 0.3 is 0 Å². The van der Waals surface area contributed by atoms with Gasteiger partial charge in [0.25, 0.3) is 5.91 Å². The Morgan fingerprint density at radius 3 is 2.21 bits per heavy atom. The molecule has 1 saturated heterocycles. The fourth-order valence-electron chi connectivity index (χ4n) is 4.01. The van der Waals surface area contributed by atoms with Crippen molar-refractivity contribution in [1.82, 2.24) is 15.1 Å². The second-order valence-corrected chi connectivity index (χ2v) is 8.57. The average Bonchev–Trinajstić information content (AvgIpc) is 2.87. The van der Waals surface area contributed by atoms with Gasteiger partial charge in [-0.05, 0) is 62.2 Å². The van der Waals surface area contributed by atoms with Crippen molar-refractivity contribution in [3.63, 3.8) is 0 Å². The zero-order valence-electron chi connectivity index (χ0n) is 20.2. The first-order chi connectivity index (χ1) is 16.5. The number of aryl methyl sites for hydroxylation is 2. The minimum absolute atomic E-state index is 0.0118. The first kappa shape index (κ1) is 23.5. The van der Waals surface area contributed by atoms with Crippen LogP contribution in [0.15, 0.2) is 54.6 Å². The maximum atomic E-state index is 12.6. The molecule has 0 radical (unpaired) electrons. The SMILES string of the molecule is CCCOc1ccc(OCC(=O)N2CCN(c3ccc(-c4ccc(C)cc4C)nn3)CC2)cc1. The third kappa shape index (κ3) is 5.84. The average molecular weight is 461 g/mol. The summed E-state index contributed by atoms with van der Waals surface area (Å²) in [4.78, 5) is 16.6. The van der Waals surface area contributed by atoms with Crippen LogP contribution in [0.2, 0.25) is 0 Å². The maximum absolute atomic E-state index is 12.6. The van der Waals surface area contributed by atoms with Crippen molar-refractivity contribution in [3.8, 4) is 22.8 Å². The van der Waals surface area contributed by atoms with Gasteiger partial charge in [0.05, 0.1) is 12.3 Å². The number of rotatable bonds is 8. The van der Waals surface area contributed by atoms with Crippen LogP contribution in [0, 0.1) is 13.8 Å². The highest BCUT2D eigenvalue weighted by molar-refractivity contribution is 5.78. The first-order valence-corrected chi connectivity index (χ1v) is 11.8. The summed E-state index contributed by atoms with van der Waals surface area (Å²) in [5, 5.41) is 8.90. The van der Waals surface area contributed by atoms with Gasteiger partial charge in [-0.3, -0.25) is 4.79 Å². The third-order valence-electron chi connectivity index (χ3n) is 5.92. The van der Waals surface area contributed by atoms with Gasteiger partial charge in [0.2, 0.25) is 0 Å². The van der Waals surface area contributed by atoms with Gasteiger partial charge in [0, 0.05) is 31.7 Å². The van der Waals surface area contributed by atoms with Crippen LogP contribution in [-0.2, 0) is 4.79 Å². The zero-order valence-corrected chi connectivity index (χ0v) is 20.2. The number of amides is 1. The van der Waals surface area contributed by atoms with Crippen LogP contribution in [0.3, 0.4) is 0 Å². The molecule has 1 fully saturated rings. The molecular formula is C27H32N4O3. The standard InChI is InChI=1S/C27H32N4O3/c1-4-17-33-22-6-8-23(9-7-22)34-19-27(32)31-15-13-30(14-16-31)26-12-11-25(28-29-26)24-10-5-20(2)18-21(24)3/h5-12,18H,4,13-17,19H2,1-3H3. The van der Waals surface area contributed by atoms with Gasteiger partial charge in [0.1, 0.15) is 11.5 Å². The summed E-state index contributed by atoms with van der Waals surface area (Å²) >= 11 is 0. The Hall–Kier alpha value is -3.61. The minimum atomic E-state index is -0.0118. The number of anilines is 1. The Morgan fingerprint density at radius 2 is 1.59 bits per heavy atom. The summed E-state index contributed by atoms with van der Waals surface area (Å²) in [7, 11) is 0. The molecule has 34 heavy (non-hydrogen) atoms. The lowest BCUT2D eigenvalue weighted by Crippen LogP contribution is -2.50. The summed E-state index contributed by atoms with van der Waals surface area (Å²) < 4.78 is 11.3. The van der Waals surface area contributed by atoms with Crippen molar-refractivity contribution < 1.29 is 14.3 Å². The number of benzene rings is 2. The molecule has 0 spiro atoms. The lowest BCUT2D eigenvalue weighted by Gasteiger charge is -2.35. The van der Waals surface area contributed by atoms with Gasteiger partial charge < -0.3 is 19.3 Å². The molecule has 0 atom stereocenters. The largest absolute Gasteiger partial charge is 0.494 e. The summed E-state index contributed by atoms with van der Waals surface area (Å²) in [6.07, 6.45) is 0.963. The van der Waals surface area contributed by atoms with Crippen LogP contribution in [0.5, 0.6) is 11.5 Å². The predicted molar refractivity (Wildman–Crippen MR) is 133 cm³/mol. The van der Waals surface area contributed by atoms with Crippen LogP contribution >= 0.6 is 0 Å². The molecule has 3 aromatic rings. The molecule has 0 saturated carbocycles. The van der Waals surface area contributed by atoms with Crippen molar-refractivity contribution in [2.24, 2.45) is 0 Å². The summed E-state index contributed by atoms with van der Waals surface area (Å²) in [6.45, 7) is 9.66. The molecule has 7 heteroatoms. The number of carbonyl (C=O) groups excluding carboxylic acids is 1. The first-order valence-electron chi connectivity index (χ1n) is 11.8. The molecule has 1 aliphatic rings. The van der Waals surface area contributed by atoms with E-state index in [9.17, 15) is 4.79 Å². The van der Waals surface area contributed by atoms with E-state index in [0.29, 0.717) is 38.5 Å². The minimum Gasteiger partial charge on any atom is -0.494 e. The zero-order chi connectivity index (χ0) is 23.9. The van der Waals surface area contributed by atoms with Crippen LogP contribution in [0.4, 0.5) is 5.82 Å². The van der Waals surface area contributed by atoms with Gasteiger partial charge in [-0.1, -0.05) is 30.7 Å². The van der Waals surface area contributed by atoms with Crippen LogP contribution < -0.4 is 14.4 Å². The molecule has 1 aromatic heterocycles. The third-order valence-corrected chi connectivity index (χ3v) is 5.92. The van der Waals surface area contributed by atoms with E-state index in [2.05, 4.69) is 54.1 Å². The van der Waals surface area contributed by atoms with Crippen molar-refractivity contribution in [1.29, 1.82) is 0 Å². The van der Waals surface area contributed by atoms with Crippen molar-refractivity contribution in [2.75, 3.05) is 44.3 Å². The Kier molecular flexibility index (Phi) is 7.62. The summed E-state index contributed by atoms with van der Waals surface area (Å²) in [6, 6.07) is 17.8. The highest BCUT2D eigenvalue weighted by Gasteiger charge is 2.22. The number of nitrogens with zero attached hydrogens (tertiary/aromatic N) is 4. The van der Waals surface area contributed by atoms with E-state index in [1.54, 1.807) is 0 Å². The van der Waals surface area contributed by atoms with Gasteiger partial charge in [-0.2, -0.15) is 0 Å². The molecule has 0 N–H and O–H groups in total. The topological polar surface area (TPSA) is 67.8 Å². The Morgan fingerprint density at radius 1 is 0.882 bits per heavy atom. The van der Waals surface area contributed by atoms with E-state index in [1.807, 2.05) is 41.3 Å². The molecule has 2 aromatic carbocycles. The lowest BCUT2D eigenvalue weighted by molar-refractivity contribution is -0.133. The number of hydrogen-bond donors (Lipinski definition) is 0. The number of piperazine rings is 1. The normalized spacial score (nSPS) is 13.6. The molecule has 7 nitrogen and oxygen atoms in total. The number of hydrogen-bond acceptors (Lipinski definition) is 6. The van der Waals surface area contributed by atoms with E-state index >= 15 is 0 Å². The Bertz CT molecular complexity index is 1090. The monoisotopic (exact) mass is 460 g/mol. The van der Waals surface area contributed by atoms with Crippen molar-refractivity contribution in [3.05, 3.63) is 65.7 Å². The van der Waals surface area contributed by atoms with Crippen LogP contribution in [0.25, 0.3) is 11.3 Å². The van der Waals surface area contributed by atoms with Gasteiger partial charge in [-0.25, -0.2) is 0 Å². The molecule has 0 unspecified atom stereocenters. The van der Waals surface area contributed by atoms with Gasteiger partial charge in [-0.15, -0.1) is 10.2 Å². The van der Waals surface area contributed by atoms with Crippen LogP contribution in [0.1, 0.15) is 24.5 Å². The molecule has 0 bridgehead atoms.